The maximum atomic E-state index is 8.78. The molecule has 0 spiro atoms. The van der Waals surface area contributed by atoms with Gasteiger partial charge in [0.2, 0.25) is 0 Å². The van der Waals surface area contributed by atoms with Crippen LogP contribution in [0.2, 0.25) is 0 Å². The van der Waals surface area contributed by atoms with Gasteiger partial charge < -0.3 is 15.2 Å². The predicted octanol–water partition coefficient (Wildman–Crippen LogP) is 0.891. The molecule has 6 nitrogen and oxygen atoms in total. The number of aliphatic hydroxyl groups is 1. The molecule has 1 heterocycles. The zero-order valence-corrected chi connectivity index (χ0v) is 10.2. The molecule has 2 aromatic rings. The molecule has 0 aliphatic heterocycles. The number of aliphatic hydroxyl groups excluding tert-OH is 1. The van der Waals surface area contributed by atoms with Crippen LogP contribution < -0.4 is 10.1 Å². The highest BCUT2D eigenvalue weighted by molar-refractivity contribution is 5.56. The molecular weight excluding hydrogens is 232 g/mol. The summed E-state index contributed by atoms with van der Waals surface area (Å²) in [7, 11) is 1.64. The van der Waals surface area contributed by atoms with Crippen LogP contribution in [0.4, 0.5) is 5.69 Å². The van der Waals surface area contributed by atoms with E-state index >= 15 is 0 Å². The number of anilines is 1. The lowest BCUT2D eigenvalue weighted by Crippen LogP contribution is -2.02. The van der Waals surface area contributed by atoms with Gasteiger partial charge in [-0.05, 0) is 12.1 Å². The number of benzene rings is 1. The topological polar surface area (TPSA) is 72.2 Å². The third-order valence-electron chi connectivity index (χ3n) is 2.48. The Morgan fingerprint density at radius 1 is 1.39 bits per heavy atom. The van der Waals surface area contributed by atoms with Gasteiger partial charge in [0.25, 0.3) is 0 Å². The van der Waals surface area contributed by atoms with Crippen molar-refractivity contribution >= 4 is 5.69 Å². The molecular formula is C12H16N4O2. The Kier molecular flexibility index (Phi) is 4.14. The van der Waals surface area contributed by atoms with Crippen LogP contribution >= 0.6 is 0 Å². The maximum absolute atomic E-state index is 8.78. The van der Waals surface area contributed by atoms with Crippen LogP contribution in [-0.4, -0.2) is 33.8 Å². The van der Waals surface area contributed by atoms with Gasteiger partial charge in [0, 0.05) is 0 Å². The molecule has 96 valence electrons. The van der Waals surface area contributed by atoms with E-state index in [0.717, 1.165) is 17.1 Å². The number of aromatic nitrogens is 3. The third kappa shape index (κ3) is 2.98. The molecule has 1 aromatic carbocycles. The summed E-state index contributed by atoms with van der Waals surface area (Å²) in [5, 5.41) is 19.9. The molecule has 0 fully saturated rings. The lowest BCUT2D eigenvalue weighted by Gasteiger charge is -2.09. The van der Waals surface area contributed by atoms with Crippen LogP contribution in [0.1, 0.15) is 5.69 Å². The third-order valence-corrected chi connectivity index (χ3v) is 2.48. The Hall–Kier alpha value is -2.08. The van der Waals surface area contributed by atoms with Gasteiger partial charge in [-0.3, -0.25) is 0 Å². The van der Waals surface area contributed by atoms with E-state index in [2.05, 4.69) is 15.6 Å². The average Bonchev–Trinajstić information content (AvgIpc) is 2.85. The van der Waals surface area contributed by atoms with Gasteiger partial charge in [0.1, 0.15) is 11.4 Å². The number of hydrogen-bond acceptors (Lipinski definition) is 5. The van der Waals surface area contributed by atoms with E-state index in [1.807, 2.05) is 24.3 Å². The highest BCUT2D eigenvalue weighted by atomic mass is 16.5. The van der Waals surface area contributed by atoms with Crippen LogP contribution in [0, 0.1) is 0 Å². The molecule has 0 aliphatic rings. The smallest absolute Gasteiger partial charge is 0.141 e. The number of nitrogens with one attached hydrogen (secondary N) is 1. The second-order valence-electron chi connectivity index (χ2n) is 3.75. The van der Waals surface area contributed by atoms with Crippen molar-refractivity contribution in [1.29, 1.82) is 0 Å². The molecule has 2 N–H and O–H groups in total. The summed E-state index contributed by atoms with van der Waals surface area (Å²) in [5.74, 6) is 0.792. The number of para-hydroxylation sites is 2. The molecule has 2 rings (SSSR count). The molecule has 6 heteroatoms. The molecule has 0 bridgehead atoms. The Bertz CT molecular complexity index is 498. The lowest BCUT2D eigenvalue weighted by atomic mass is 10.3. The lowest BCUT2D eigenvalue weighted by molar-refractivity contribution is 0.268. The maximum Gasteiger partial charge on any atom is 0.141 e. The fourth-order valence-electron chi connectivity index (χ4n) is 1.61. The molecule has 0 unspecified atom stereocenters. The van der Waals surface area contributed by atoms with Crippen molar-refractivity contribution in [3.63, 3.8) is 0 Å². The molecule has 0 atom stereocenters. The summed E-state index contributed by atoms with van der Waals surface area (Å²) < 4.78 is 6.85. The van der Waals surface area contributed by atoms with Crippen molar-refractivity contribution in [2.24, 2.45) is 0 Å². The van der Waals surface area contributed by atoms with Crippen molar-refractivity contribution < 1.29 is 9.84 Å². The van der Waals surface area contributed by atoms with Gasteiger partial charge in [-0.2, -0.15) is 0 Å². The van der Waals surface area contributed by atoms with E-state index in [0.29, 0.717) is 13.1 Å². The van der Waals surface area contributed by atoms with Gasteiger partial charge >= 0.3 is 0 Å². The number of hydrogen-bond donors (Lipinski definition) is 2. The molecule has 1 aromatic heterocycles. The van der Waals surface area contributed by atoms with Crippen molar-refractivity contribution in [1.82, 2.24) is 15.0 Å². The monoisotopic (exact) mass is 248 g/mol. The minimum absolute atomic E-state index is 0.0583. The van der Waals surface area contributed by atoms with Gasteiger partial charge in [-0.25, -0.2) is 4.68 Å². The average molecular weight is 248 g/mol. The predicted molar refractivity (Wildman–Crippen MR) is 67.4 cm³/mol. The van der Waals surface area contributed by atoms with Crippen molar-refractivity contribution in [2.75, 3.05) is 19.0 Å². The van der Waals surface area contributed by atoms with E-state index < -0.39 is 0 Å². The van der Waals surface area contributed by atoms with Crippen LogP contribution in [0.3, 0.4) is 0 Å². The fourth-order valence-corrected chi connectivity index (χ4v) is 1.61. The van der Waals surface area contributed by atoms with Crippen molar-refractivity contribution in [2.45, 2.75) is 13.1 Å². The van der Waals surface area contributed by atoms with Crippen LogP contribution in [0.15, 0.2) is 30.5 Å². The highest BCUT2D eigenvalue weighted by Crippen LogP contribution is 2.23. The summed E-state index contributed by atoms with van der Waals surface area (Å²) in [6.07, 6.45) is 1.80. The normalized spacial score (nSPS) is 10.3. The zero-order chi connectivity index (χ0) is 12.8. The van der Waals surface area contributed by atoms with E-state index in [1.165, 1.54) is 0 Å². The zero-order valence-electron chi connectivity index (χ0n) is 10.2. The van der Waals surface area contributed by atoms with Gasteiger partial charge in [-0.15, -0.1) is 5.10 Å². The summed E-state index contributed by atoms with van der Waals surface area (Å²) in [6, 6.07) is 7.69. The second kappa shape index (κ2) is 6.02. The molecule has 18 heavy (non-hydrogen) atoms. The quantitative estimate of drug-likeness (QED) is 0.794. The Morgan fingerprint density at radius 3 is 3.00 bits per heavy atom. The Balaban J connectivity index is 1.97. The van der Waals surface area contributed by atoms with Crippen LogP contribution in [0.5, 0.6) is 5.75 Å². The van der Waals surface area contributed by atoms with Gasteiger partial charge in [0.05, 0.1) is 38.7 Å². The van der Waals surface area contributed by atoms with E-state index in [9.17, 15) is 0 Å². The number of methoxy groups -OCH3 is 1. The second-order valence-corrected chi connectivity index (χ2v) is 3.75. The number of nitrogens with zero attached hydrogens (tertiary/aromatic N) is 3. The van der Waals surface area contributed by atoms with E-state index in [-0.39, 0.29) is 6.61 Å². The van der Waals surface area contributed by atoms with E-state index in [4.69, 9.17) is 9.84 Å². The first-order valence-corrected chi connectivity index (χ1v) is 5.70. The first kappa shape index (κ1) is 12.4. The van der Waals surface area contributed by atoms with E-state index in [1.54, 1.807) is 18.0 Å². The molecule has 0 saturated carbocycles. The fraction of sp³-hybridized carbons (Fsp3) is 0.333. The SMILES string of the molecule is COc1ccccc1NCc1cn(CCO)nn1. The van der Waals surface area contributed by atoms with Gasteiger partial charge in [0.15, 0.2) is 0 Å². The van der Waals surface area contributed by atoms with Gasteiger partial charge in [-0.1, -0.05) is 17.3 Å². The first-order chi connectivity index (χ1) is 8.83. The Labute approximate surface area is 105 Å². The van der Waals surface area contributed by atoms with Crippen molar-refractivity contribution in [3.05, 3.63) is 36.2 Å². The highest BCUT2D eigenvalue weighted by Gasteiger charge is 2.03. The minimum Gasteiger partial charge on any atom is -0.495 e. The largest absolute Gasteiger partial charge is 0.495 e. The van der Waals surface area contributed by atoms with Crippen LogP contribution in [0.25, 0.3) is 0 Å². The standard InChI is InChI=1S/C12H16N4O2/c1-18-12-5-3-2-4-11(12)13-8-10-9-16(6-7-17)15-14-10/h2-5,9,13,17H,6-8H2,1H3. The summed E-state index contributed by atoms with van der Waals surface area (Å²) in [4.78, 5) is 0. The summed E-state index contributed by atoms with van der Waals surface area (Å²) in [6.45, 7) is 1.08. The summed E-state index contributed by atoms with van der Waals surface area (Å²) >= 11 is 0. The minimum atomic E-state index is 0.0583. The number of rotatable bonds is 6. The first-order valence-electron chi connectivity index (χ1n) is 5.70. The molecule has 0 aliphatic carbocycles. The molecule has 0 radical (unpaired) electrons. The molecule has 0 amide bonds. The van der Waals surface area contributed by atoms with Crippen molar-refractivity contribution in [3.8, 4) is 5.75 Å². The number of ether oxygens (including phenoxy) is 1. The van der Waals surface area contributed by atoms with Crippen LogP contribution in [-0.2, 0) is 13.1 Å². The summed E-state index contributed by atoms with van der Waals surface area (Å²) in [5.41, 5.74) is 1.73. The Morgan fingerprint density at radius 2 is 2.22 bits per heavy atom. The molecule has 0 saturated heterocycles.